The lowest BCUT2D eigenvalue weighted by Crippen LogP contribution is -2.30. The molecular weight excluding hydrogens is 306 g/mol. The Morgan fingerprint density at radius 1 is 1.43 bits per heavy atom. The average molecular weight is 334 g/mol. The lowest BCUT2D eigenvalue weighted by Gasteiger charge is -2.30. The second kappa shape index (κ2) is 7.86. The topological polar surface area (TPSA) is 67.5 Å². The second-order valence-electron chi connectivity index (χ2n) is 6.25. The number of thioether (sulfide) groups is 1. The summed E-state index contributed by atoms with van der Waals surface area (Å²) < 4.78 is 0. The Labute approximate surface area is 143 Å². The van der Waals surface area contributed by atoms with E-state index in [9.17, 15) is 4.79 Å². The normalized spacial score (nSPS) is 21.1. The number of benzene rings is 1. The van der Waals surface area contributed by atoms with Crippen LogP contribution in [-0.4, -0.2) is 16.8 Å². The maximum absolute atomic E-state index is 12.1. The van der Waals surface area contributed by atoms with Gasteiger partial charge in [0.25, 0.3) is 0 Å². The molecule has 1 aliphatic rings. The molecule has 2 rings (SSSR count). The average Bonchev–Trinajstić information content (AvgIpc) is 2.54. The van der Waals surface area contributed by atoms with Crippen molar-refractivity contribution in [3.63, 3.8) is 0 Å². The molecule has 0 fully saturated rings. The Morgan fingerprint density at radius 2 is 2.17 bits per heavy atom. The first-order valence-electron chi connectivity index (χ1n) is 8.33. The molecular formula is C18H27N3OS. The van der Waals surface area contributed by atoms with Gasteiger partial charge in [-0.05, 0) is 37.3 Å². The zero-order valence-corrected chi connectivity index (χ0v) is 15.1. The fourth-order valence-electron chi connectivity index (χ4n) is 2.90. The predicted octanol–water partition coefficient (Wildman–Crippen LogP) is 3.41. The van der Waals surface area contributed by atoms with Crippen molar-refractivity contribution in [3.8, 4) is 0 Å². The van der Waals surface area contributed by atoms with Gasteiger partial charge in [-0.15, -0.1) is 0 Å². The van der Waals surface area contributed by atoms with Gasteiger partial charge in [0.05, 0.1) is 5.54 Å². The van der Waals surface area contributed by atoms with E-state index in [-0.39, 0.29) is 17.4 Å². The summed E-state index contributed by atoms with van der Waals surface area (Å²) in [7, 11) is 0. The highest BCUT2D eigenvalue weighted by Crippen LogP contribution is 2.35. The molecule has 1 aromatic carbocycles. The van der Waals surface area contributed by atoms with Crippen LogP contribution in [0.1, 0.15) is 51.2 Å². The molecule has 0 radical (unpaired) electrons. The molecule has 1 heterocycles. The summed E-state index contributed by atoms with van der Waals surface area (Å²) in [5.74, 6) is 1.24. The molecule has 1 amide bonds. The summed E-state index contributed by atoms with van der Waals surface area (Å²) in [5.41, 5.74) is 7.91. The number of amides is 1. The fraction of sp³-hybridized carbons (Fsp3) is 0.556. The maximum atomic E-state index is 12.1. The highest BCUT2D eigenvalue weighted by molar-refractivity contribution is 8.13. The predicted molar refractivity (Wildman–Crippen MR) is 98.4 cm³/mol. The lowest BCUT2D eigenvalue weighted by atomic mass is 9.89. The van der Waals surface area contributed by atoms with Crippen LogP contribution in [0.4, 0.5) is 0 Å². The number of carbonyl (C=O) groups is 1. The van der Waals surface area contributed by atoms with Crippen LogP contribution in [0.25, 0.3) is 0 Å². The van der Waals surface area contributed by atoms with Crippen LogP contribution in [0, 0.1) is 5.92 Å². The molecule has 0 aromatic heterocycles. The monoisotopic (exact) mass is 333 g/mol. The fourth-order valence-corrected chi connectivity index (χ4v) is 3.88. The quantitative estimate of drug-likeness (QED) is 0.838. The SMILES string of the molecule is CCC(CC)C(=O)NCc1cccc(C2(C)CCSC(N)=N2)c1. The van der Waals surface area contributed by atoms with Crippen LogP contribution in [-0.2, 0) is 16.9 Å². The highest BCUT2D eigenvalue weighted by Gasteiger charge is 2.29. The van der Waals surface area contributed by atoms with E-state index in [4.69, 9.17) is 5.73 Å². The first-order chi connectivity index (χ1) is 11.0. The molecule has 1 aromatic rings. The number of nitrogens with one attached hydrogen (secondary N) is 1. The number of nitrogens with zero attached hydrogens (tertiary/aromatic N) is 1. The van der Waals surface area contributed by atoms with Gasteiger partial charge in [-0.2, -0.15) is 0 Å². The maximum Gasteiger partial charge on any atom is 0.223 e. The molecule has 0 spiro atoms. The minimum Gasteiger partial charge on any atom is -0.379 e. The van der Waals surface area contributed by atoms with Crippen molar-refractivity contribution in [3.05, 3.63) is 35.4 Å². The van der Waals surface area contributed by atoms with Crippen LogP contribution in [0.3, 0.4) is 0 Å². The standard InChI is InChI=1S/C18H27N3OS/c1-4-14(5-2)16(22)20-12-13-7-6-8-15(11-13)18(3)9-10-23-17(19)21-18/h6-8,11,14H,4-5,9-10,12H2,1-3H3,(H2,19,21)(H,20,22). The molecule has 0 saturated heterocycles. The molecule has 0 aliphatic carbocycles. The lowest BCUT2D eigenvalue weighted by molar-refractivity contribution is -0.125. The Hall–Kier alpha value is -1.49. The summed E-state index contributed by atoms with van der Waals surface area (Å²) in [6, 6.07) is 8.32. The summed E-state index contributed by atoms with van der Waals surface area (Å²) in [6.07, 6.45) is 2.74. The van der Waals surface area contributed by atoms with Gasteiger partial charge < -0.3 is 11.1 Å². The number of nitrogens with two attached hydrogens (primary N) is 1. The Kier molecular flexibility index (Phi) is 6.10. The van der Waals surface area contributed by atoms with E-state index in [0.29, 0.717) is 11.7 Å². The molecule has 23 heavy (non-hydrogen) atoms. The van der Waals surface area contributed by atoms with Crippen LogP contribution in [0.2, 0.25) is 0 Å². The van der Waals surface area contributed by atoms with Gasteiger partial charge in [0.15, 0.2) is 5.17 Å². The van der Waals surface area contributed by atoms with Crippen molar-refractivity contribution < 1.29 is 4.79 Å². The molecule has 5 heteroatoms. The molecule has 1 atom stereocenters. The second-order valence-corrected chi connectivity index (χ2v) is 7.37. The van der Waals surface area contributed by atoms with Gasteiger partial charge in [0.1, 0.15) is 0 Å². The van der Waals surface area contributed by atoms with Gasteiger partial charge in [-0.25, -0.2) is 0 Å². The Balaban J connectivity index is 2.08. The molecule has 1 unspecified atom stereocenters. The highest BCUT2D eigenvalue weighted by atomic mass is 32.2. The van der Waals surface area contributed by atoms with E-state index in [2.05, 4.69) is 43.2 Å². The largest absolute Gasteiger partial charge is 0.379 e. The number of hydrogen-bond acceptors (Lipinski definition) is 4. The number of rotatable bonds is 6. The van der Waals surface area contributed by atoms with E-state index in [1.807, 2.05) is 12.1 Å². The summed E-state index contributed by atoms with van der Waals surface area (Å²) in [5, 5.41) is 3.71. The third-order valence-corrected chi connectivity index (χ3v) is 5.36. The number of hydrogen-bond donors (Lipinski definition) is 2. The molecule has 4 nitrogen and oxygen atoms in total. The summed E-state index contributed by atoms with van der Waals surface area (Å²) in [6.45, 7) is 6.80. The van der Waals surface area contributed by atoms with Crippen molar-refractivity contribution in [1.82, 2.24) is 5.32 Å². The Morgan fingerprint density at radius 3 is 2.83 bits per heavy atom. The zero-order chi connectivity index (χ0) is 16.9. The molecule has 126 valence electrons. The van der Waals surface area contributed by atoms with E-state index >= 15 is 0 Å². The van der Waals surface area contributed by atoms with Gasteiger partial charge in [0.2, 0.25) is 5.91 Å². The van der Waals surface area contributed by atoms with Crippen LogP contribution < -0.4 is 11.1 Å². The molecule has 1 aliphatic heterocycles. The van der Waals surface area contributed by atoms with Crippen molar-refractivity contribution in [2.24, 2.45) is 16.6 Å². The van der Waals surface area contributed by atoms with Gasteiger partial charge in [0, 0.05) is 18.2 Å². The summed E-state index contributed by atoms with van der Waals surface area (Å²) >= 11 is 1.61. The third-order valence-electron chi connectivity index (χ3n) is 4.57. The first kappa shape index (κ1) is 17.9. The minimum absolute atomic E-state index is 0.107. The van der Waals surface area contributed by atoms with Crippen molar-refractivity contribution in [2.45, 2.75) is 52.1 Å². The van der Waals surface area contributed by atoms with Crippen molar-refractivity contribution in [2.75, 3.05) is 5.75 Å². The first-order valence-corrected chi connectivity index (χ1v) is 9.32. The zero-order valence-electron chi connectivity index (χ0n) is 14.3. The van der Waals surface area contributed by atoms with Crippen molar-refractivity contribution >= 4 is 22.8 Å². The van der Waals surface area contributed by atoms with Gasteiger partial charge in [-0.3, -0.25) is 9.79 Å². The molecule has 3 N–H and O–H groups in total. The number of carbonyl (C=O) groups excluding carboxylic acids is 1. The number of amidine groups is 1. The Bertz CT molecular complexity index is 583. The van der Waals surface area contributed by atoms with Gasteiger partial charge >= 0.3 is 0 Å². The van der Waals surface area contributed by atoms with Crippen LogP contribution in [0.5, 0.6) is 0 Å². The van der Waals surface area contributed by atoms with E-state index < -0.39 is 0 Å². The number of aliphatic imine (C=N–C) groups is 1. The van der Waals surface area contributed by atoms with E-state index in [1.54, 1.807) is 11.8 Å². The third kappa shape index (κ3) is 4.50. The summed E-state index contributed by atoms with van der Waals surface area (Å²) in [4.78, 5) is 16.8. The van der Waals surface area contributed by atoms with Crippen LogP contribution in [0.15, 0.2) is 29.3 Å². The van der Waals surface area contributed by atoms with Gasteiger partial charge in [-0.1, -0.05) is 49.9 Å². The molecule has 0 saturated carbocycles. The smallest absolute Gasteiger partial charge is 0.223 e. The minimum atomic E-state index is -0.259. The van der Waals surface area contributed by atoms with E-state index in [1.165, 1.54) is 0 Å². The molecule has 0 bridgehead atoms. The van der Waals surface area contributed by atoms with Crippen molar-refractivity contribution in [1.29, 1.82) is 0 Å². The van der Waals surface area contributed by atoms with E-state index in [0.717, 1.165) is 36.1 Å². The van der Waals surface area contributed by atoms with Crippen LogP contribution >= 0.6 is 11.8 Å².